The van der Waals surface area contributed by atoms with Crippen LogP contribution in [0.5, 0.6) is 5.75 Å². The average molecular weight is 271 g/mol. The van der Waals surface area contributed by atoms with Crippen molar-refractivity contribution in [2.45, 2.75) is 57.5 Å². The van der Waals surface area contributed by atoms with Crippen LogP contribution >= 0.6 is 0 Å². The summed E-state index contributed by atoms with van der Waals surface area (Å²) < 4.78 is 5.59. The number of benzene rings is 1. The molecule has 0 spiro atoms. The minimum absolute atomic E-state index is 0.334. The first kappa shape index (κ1) is 14.9. The molecule has 1 aromatic carbocycles. The van der Waals surface area contributed by atoms with Crippen molar-refractivity contribution in [1.29, 1.82) is 0 Å². The van der Waals surface area contributed by atoms with Crippen molar-refractivity contribution in [3.63, 3.8) is 0 Å². The molecule has 0 aromatic heterocycles. The van der Waals surface area contributed by atoms with E-state index < -0.39 is 0 Å². The fourth-order valence-corrected chi connectivity index (χ4v) is 2.82. The molecule has 0 radical (unpaired) electrons. The van der Waals surface area contributed by atoms with Crippen molar-refractivity contribution in [3.8, 4) is 18.1 Å². The summed E-state index contributed by atoms with van der Waals surface area (Å²) in [4.78, 5) is 0. The van der Waals surface area contributed by atoms with Gasteiger partial charge < -0.3 is 10.1 Å². The van der Waals surface area contributed by atoms with Crippen LogP contribution in [0.2, 0.25) is 0 Å². The summed E-state index contributed by atoms with van der Waals surface area (Å²) in [7, 11) is 0. The van der Waals surface area contributed by atoms with Crippen LogP contribution in [-0.2, 0) is 6.54 Å². The molecule has 2 heteroatoms. The van der Waals surface area contributed by atoms with Gasteiger partial charge in [-0.05, 0) is 18.9 Å². The zero-order valence-electron chi connectivity index (χ0n) is 12.2. The first-order chi connectivity index (χ1) is 9.90. The van der Waals surface area contributed by atoms with E-state index in [1.54, 1.807) is 0 Å². The van der Waals surface area contributed by atoms with Gasteiger partial charge in [-0.3, -0.25) is 0 Å². The fourth-order valence-electron chi connectivity index (χ4n) is 2.82. The number of nitrogens with one attached hydrogen (secondary N) is 1. The van der Waals surface area contributed by atoms with Crippen LogP contribution in [0.1, 0.15) is 50.5 Å². The highest BCUT2D eigenvalue weighted by Crippen LogP contribution is 2.20. The lowest BCUT2D eigenvalue weighted by atomic mass is 9.96. The van der Waals surface area contributed by atoms with Crippen molar-refractivity contribution in [2.24, 2.45) is 0 Å². The van der Waals surface area contributed by atoms with Crippen LogP contribution in [0, 0.1) is 12.3 Å². The highest BCUT2D eigenvalue weighted by atomic mass is 16.5. The first-order valence-corrected chi connectivity index (χ1v) is 7.77. The van der Waals surface area contributed by atoms with Gasteiger partial charge in [0, 0.05) is 18.2 Å². The molecule has 0 unspecified atom stereocenters. The maximum absolute atomic E-state index is 5.59. The molecule has 0 aliphatic heterocycles. The van der Waals surface area contributed by atoms with E-state index in [4.69, 9.17) is 11.2 Å². The molecule has 1 aliphatic carbocycles. The van der Waals surface area contributed by atoms with E-state index in [0.717, 1.165) is 12.3 Å². The van der Waals surface area contributed by atoms with Gasteiger partial charge in [-0.25, -0.2) is 0 Å². The number of rotatable bonds is 5. The van der Waals surface area contributed by atoms with Crippen LogP contribution in [0.25, 0.3) is 0 Å². The number of terminal acetylenes is 1. The average Bonchev–Trinajstić information content (AvgIpc) is 2.45. The third-order valence-electron chi connectivity index (χ3n) is 3.97. The molecule has 2 rings (SSSR count). The van der Waals surface area contributed by atoms with Crippen molar-refractivity contribution in [1.82, 2.24) is 5.32 Å². The summed E-state index contributed by atoms with van der Waals surface area (Å²) in [5.74, 6) is 3.43. The molecule has 2 nitrogen and oxygen atoms in total. The zero-order chi connectivity index (χ0) is 14.0. The second-order valence-electron chi connectivity index (χ2n) is 5.52. The first-order valence-electron chi connectivity index (χ1n) is 7.77. The highest BCUT2D eigenvalue weighted by molar-refractivity contribution is 5.33. The molecular weight excluding hydrogens is 246 g/mol. The Morgan fingerprint density at radius 1 is 1.10 bits per heavy atom. The fraction of sp³-hybridized carbons (Fsp3) is 0.556. The molecule has 1 aromatic rings. The van der Waals surface area contributed by atoms with E-state index in [-0.39, 0.29) is 0 Å². The SMILES string of the molecule is C#CCOc1ccccc1CNC1CCCCCCC1. The molecule has 0 atom stereocenters. The highest BCUT2D eigenvalue weighted by Gasteiger charge is 2.11. The largest absolute Gasteiger partial charge is 0.481 e. The Bertz CT molecular complexity index is 427. The Labute approximate surface area is 122 Å². The molecule has 108 valence electrons. The molecule has 0 heterocycles. The topological polar surface area (TPSA) is 21.3 Å². The summed E-state index contributed by atoms with van der Waals surface area (Å²) in [6, 6.07) is 8.80. The van der Waals surface area contributed by atoms with Gasteiger partial charge in [0.15, 0.2) is 0 Å². The molecule has 20 heavy (non-hydrogen) atoms. The number of para-hydroxylation sites is 1. The molecular formula is C18H25NO. The van der Waals surface area contributed by atoms with Crippen molar-refractivity contribution in [2.75, 3.05) is 6.61 Å². The molecule has 0 saturated heterocycles. The number of hydrogen-bond acceptors (Lipinski definition) is 2. The quantitative estimate of drug-likeness (QED) is 0.820. The Balaban J connectivity index is 1.87. The standard InChI is InChI=1S/C18H25NO/c1-2-14-20-18-13-9-8-10-16(18)15-19-17-11-6-4-3-5-7-12-17/h1,8-10,13,17,19H,3-7,11-12,14-15H2. The van der Waals surface area contributed by atoms with Crippen LogP contribution in [0.15, 0.2) is 24.3 Å². The van der Waals surface area contributed by atoms with E-state index >= 15 is 0 Å². The smallest absolute Gasteiger partial charge is 0.148 e. The second kappa shape index (κ2) is 8.66. The van der Waals surface area contributed by atoms with Gasteiger partial charge in [0.2, 0.25) is 0 Å². The minimum atomic E-state index is 0.334. The van der Waals surface area contributed by atoms with Crippen molar-refractivity contribution >= 4 is 0 Å². The van der Waals surface area contributed by atoms with E-state index in [9.17, 15) is 0 Å². The van der Waals surface area contributed by atoms with Gasteiger partial charge in [-0.2, -0.15) is 0 Å². The maximum Gasteiger partial charge on any atom is 0.148 e. The van der Waals surface area contributed by atoms with Gasteiger partial charge in [0.1, 0.15) is 12.4 Å². The molecule has 1 saturated carbocycles. The molecule has 0 amide bonds. The lowest BCUT2D eigenvalue weighted by Gasteiger charge is -2.21. The summed E-state index contributed by atoms with van der Waals surface area (Å²) >= 11 is 0. The molecule has 1 N–H and O–H groups in total. The predicted molar refractivity (Wildman–Crippen MR) is 83.7 cm³/mol. The normalized spacial score (nSPS) is 16.9. The third-order valence-corrected chi connectivity index (χ3v) is 3.97. The van der Waals surface area contributed by atoms with Crippen LogP contribution in [-0.4, -0.2) is 12.6 Å². The summed E-state index contributed by atoms with van der Waals surface area (Å²) in [5, 5.41) is 3.69. The van der Waals surface area contributed by atoms with Crippen molar-refractivity contribution < 1.29 is 4.74 Å². The lowest BCUT2D eigenvalue weighted by molar-refractivity contribution is 0.357. The van der Waals surface area contributed by atoms with Gasteiger partial charge in [-0.1, -0.05) is 56.2 Å². The van der Waals surface area contributed by atoms with Gasteiger partial charge in [0.25, 0.3) is 0 Å². The van der Waals surface area contributed by atoms with Gasteiger partial charge >= 0.3 is 0 Å². The predicted octanol–water partition coefficient (Wildman–Crippen LogP) is 3.90. The zero-order valence-corrected chi connectivity index (χ0v) is 12.2. The molecule has 1 fully saturated rings. The summed E-state index contributed by atoms with van der Waals surface area (Å²) in [5.41, 5.74) is 1.20. The van der Waals surface area contributed by atoms with E-state index in [0.29, 0.717) is 12.6 Å². The number of ether oxygens (including phenoxy) is 1. The van der Waals surface area contributed by atoms with Crippen LogP contribution < -0.4 is 10.1 Å². The second-order valence-corrected chi connectivity index (χ2v) is 5.52. The van der Waals surface area contributed by atoms with Crippen molar-refractivity contribution in [3.05, 3.63) is 29.8 Å². The lowest BCUT2D eigenvalue weighted by Crippen LogP contribution is -2.29. The monoisotopic (exact) mass is 271 g/mol. The van der Waals surface area contributed by atoms with E-state index in [1.807, 2.05) is 12.1 Å². The van der Waals surface area contributed by atoms with E-state index in [2.05, 4.69) is 23.4 Å². The summed E-state index contributed by atoms with van der Waals surface area (Å²) in [6.45, 7) is 1.20. The Morgan fingerprint density at radius 3 is 2.55 bits per heavy atom. The van der Waals surface area contributed by atoms with E-state index in [1.165, 1.54) is 50.5 Å². The molecule has 1 aliphatic rings. The van der Waals surface area contributed by atoms with Gasteiger partial charge in [0.05, 0.1) is 0 Å². The van der Waals surface area contributed by atoms with Crippen LogP contribution in [0.4, 0.5) is 0 Å². The Hall–Kier alpha value is -1.46. The molecule has 0 bridgehead atoms. The Kier molecular flexibility index (Phi) is 6.47. The minimum Gasteiger partial charge on any atom is -0.481 e. The Morgan fingerprint density at radius 2 is 1.80 bits per heavy atom. The summed E-state index contributed by atoms with van der Waals surface area (Å²) in [6.07, 6.45) is 14.8. The number of hydrogen-bond donors (Lipinski definition) is 1. The van der Waals surface area contributed by atoms with Crippen LogP contribution in [0.3, 0.4) is 0 Å². The third kappa shape index (κ3) is 4.90. The van der Waals surface area contributed by atoms with Gasteiger partial charge in [-0.15, -0.1) is 6.42 Å². The maximum atomic E-state index is 5.59.